The van der Waals surface area contributed by atoms with E-state index >= 15 is 0 Å². The van der Waals surface area contributed by atoms with E-state index in [4.69, 9.17) is 39.9 Å². The average molecular weight is 289 g/mol. The largest absolute Gasteiger partial charge is 0.390 e. The fourth-order valence-electron chi connectivity index (χ4n) is 1.44. The van der Waals surface area contributed by atoms with Gasteiger partial charge in [-0.3, -0.25) is 4.98 Å². The van der Waals surface area contributed by atoms with Crippen LogP contribution >= 0.6 is 34.8 Å². The monoisotopic (exact) mass is 287 g/mol. The van der Waals surface area contributed by atoms with Gasteiger partial charge < -0.3 is 5.11 Å². The molecule has 2 aromatic rings. The summed E-state index contributed by atoms with van der Waals surface area (Å²) in [5.41, 5.74) is 1.92. The van der Waals surface area contributed by atoms with Gasteiger partial charge in [-0.2, -0.15) is 0 Å². The van der Waals surface area contributed by atoms with Gasteiger partial charge in [-0.1, -0.05) is 40.9 Å². The molecule has 0 saturated heterocycles. The molecule has 0 radical (unpaired) electrons. The third-order valence-electron chi connectivity index (χ3n) is 2.25. The van der Waals surface area contributed by atoms with Crippen LogP contribution in [0, 0.1) is 0 Å². The van der Waals surface area contributed by atoms with Crippen molar-refractivity contribution in [3.63, 3.8) is 0 Å². The number of aromatic nitrogens is 1. The summed E-state index contributed by atoms with van der Waals surface area (Å²) in [6, 6.07) is 8.57. The molecular weight excluding hydrogens is 280 g/mol. The van der Waals surface area contributed by atoms with Crippen LogP contribution in [0.25, 0.3) is 11.3 Å². The van der Waals surface area contributed by atoms with Crippen molar-refractivity contribution in [2.75, 3.05) is 0 Å². The second-order valence-corrected chi connectivity index (χ2v) is 4.64. The lowest BCUT2D eigenvalue weighted by Crippen LogP contribution is -1.92. The number of benzene rings is 1. The smallest absolute Gasteiger partial charge is 0.0853 e. The predicted octanol–water partition coefficient (Wildman–Crippen LogP) is 4.20. The number of rotatable bonds is 2. The van der Waals surface area contributed by atoms with Crippen LogP contribution in [0.5, 0.6) is 0 Å². The van der Waals surface area contributed by atoms with E-state index in [0.29, 0.717) is 32.0 Å². The molecule has 0 bridgehead atoms. The second-order valence-electron chi connectivity index (χ2n) is 3.42. The fraction of sp³-hybridized carbons (Fsp3) is 0.0833. The van der Waals surface area contributed by atoms with E-state index in [-0.39, 0.29) is 6.61 Å². The van der Waals surface area contributed by atoms with Gasteiger partial charge in [0.2, 0.25) is 0 Å². The first-order valence-corrected chi connectivity index (χ1v) is 5.97. The lowest BCUT2D eigenvalue weighted by Gasteiger charge is -2.07. The highest BCUT2D eigenvalue weighted by Crippen LogP contribution is 2.34. The van der Waals surface area contributed by atoms with Crippen LogP contribution in [-0.2, 0) is 6.61 Å². The Morgan fingerprint density at radius 3 is 2.41 bits per heavy atom. The standard InChI is InChI=1S/C12H8Cl3NO/c13-9-5-11(15)10(14)4-8(9)12-3-1-2-7(6-17)16-12/h1-5,17H,6H2. The highest BCUT2D eigenvalue weighted by molar-refractivity contribution is 6.44. The first-order valence-electron chi connectivity index (χ1n) is 4.83. The summed E-state index contributed by atoms with van der Waals surface area (Å²) in [6.45, 7) is -0.118. The predicted molar refractivity (Wildman–Crippen MR) is 70.6 cm³/mol. The zero-order chi connectivity index (χ0) is 12.4. The third-order valence-corrected chi connectivity index (χ3v) is 3.29. The second kappa shape index (κ2) is 5.23. The van der Waals surface area contributed by atoms with Crippen molar-refractivity contribution in [2.24, 2.45) is 0 Å². The molecule has 0 saturated carbocycles. The lowest BCUT2D eigenvalue weighted by atomic mass is 10.1. The molecule has 0 atom stereocenters. The number of aliphatic hydroxyl groups is 1. The van der Waals surface area contributed by atoms with Gasteiger partial charge in [-0.25, -0.2) is 0 Å². The summed E-state index contributed by atoms with van der Waals surface area (Å²) in [5, 5.41) is 10.3. The number of aliphatic hydroxyl groups excluding tert-OH is 1. The maximum Gasteiger partial charge on any atom is 0.0853 e. The number of pyridine rings is 1. The van der Waals surface area contributed by atoms with Crippen LogP contribution < -0.4 is 0 Å². The molecule has 0 spiro atoms. The topological polar surface area (TPSA) is 33.1 Å². The Morgan fingerprint density at radius 2 is 1.71 bits per heavy atom. The summed E-state index contributed by atoms with van der Waals surface area (Å²) < 4.78 is 0. The third kappa shape index (κ3) is 2.72. The molecule has 2 nitrogen and oxygen atoms in total. The van der Waals surface area contributed by atoms with Gasteiger partial charge in [0.25, 0.3) is 0 Å². The molecule has 1 heterocycles. The molecule has 1 aromatic heterocycles. The first-order chi connectivity index (χ1) is 8.11. The first kappa shape index (κ1) is 12.7. The van der Waals surface area contributed by atoms with E-state index in [1.165, 1.54) is 0 Å². The molecule has 88 valence electrons. The molecule has 1 N–H and O–H groups in total. The van der Waals surface area contributed by atoms with Gasteiger partial charge in [0.1, 0.15) is 0 Å². The minimum atomic E-state index is -0.118. The van der Waals surface area contributed by atoms with Crippen molar-refractivity contribution in [2.45, 2.75) is 6.61 Å². The number of halogens is 3. The minimum absolute atomic E-state index is 0.118. The van der Waals surface area contributed by atoms with Crippen LogP contribution in [-0.4, -0.2) is 10.1 Å². The molecule has 0 unspecified atom stereocenters. The van der Waals surface area contributed by atoms with Gasteiger partial charge in [-0.15, -0.1) is 0 Å². The van der Waals surface area contributed by atoms with Gasteiger partial charge in [0, 0.05) is 5.56 Å². The number of nitrogens with zero attached hydrogens (tertiary/aromatic N) is 1. The Labute approximate surface area is 114 Å². The zero-order valence-electron chi connectivity index (χ0n) is 8.62. The van der Waals surface area contributed by atoms with Gasteiger partial charge in [-0.05, 0) is 24.3 Å². The minimum Gasteiger partial charge on any atom is -0.390 e. The summed E-state index contributed by atoms with van der Waals surface area (Å²) >= 11 is 17.9. The summed E-state index contributed by atoms with van der Waals surface area (Å²) in [5.74, 6) is 0. The van der Waals surface area contributed by atoms with Crippen LogP contribution in [0.4, 0.5) is 0 Å². The molecule has 1 aromatic carbocycles. The maximum atomic E-state index is 9.03. The van der Waals surface area contributed by atoms with E-state index in [0.717, 1.165) is 0 Å². The van der Waals surface area contributed by atoms with Crippen molar-refractivity contribution in [3.8, 4) is 11.3 Å². The fourth-order valence-corrected chi connectivity index (χ4v) is 2.08. The van der Waals surface area contributed by atoms with Crippen molar-refractivity contribution < 1.29 is 5.11 Å². The van der Waals surface area contributed by atoms with E-state index in [2.05, 4.69) is 4.98 Å². The lowest BCUT2D eigenvalue weighted by molar-refractivity contribution is 0.277. The van der Waals surface area contributed by atoms with Gasteiger partial charge >= 0.3 is 0 Å². The summed E-state index contributed by atoms with van der Waals surface area (Å²) in [7, 11) is 0. The molecule has 0 aliphatic rings. The van der Waals surface area contributed by atoms with E-state index in [9.17, 15) is 0 Å². The van der Waals surface area contributed by atoms with Crippen LogP contribution in [0.3, 0.4) is 0 Å². The van der Waals surface area contributed by atoms with E-state index in [1.54, 1.807) is 30.3 Å². The Kier molecular flexibility index (Phi) is 3.89. The average Bonchev–Trinajstić information content (AvgIpc) is 2.34. The Bertz CT molecular complexity index is 557. The normalized spacial score (nSPS) is 10.6. The van der Waals surface area contributed by atoms with Crippen molar-refractivity contribution in [3.05, 3.63) is 51.1 Å². The summed E-state index contributed by atoms with van der Waals surface area (Å²) in [4.78, 5) is 4.26. The summed E-state index contributed by atoms with van der Waals surface area (Å²) in [6.07, 6.45) is 0. The molecular formula is C12H8Cl3NO. The van der Waals surface area contributed by atoms with E-state index in [1.807, 2.05) is 0 Å². The molecule has 0 aliphatic carbocycles. The molecule has 0 aliphatic heterocycles. The molecule has 2 rings (SSSR count). The Balaban J connectivity index is 2.56. The van der Waals surface area contributed by atoms with Crippen molar-refractivity contribution >= 4 is 34.8 Å². The molecule has 5 heteroatoms. The number of hydrogen-bond donors (Lipinski definition) is 1. The Hall–Kier alpha value is -0.800. The van der Waals surface area contributed by atoms with Gasteiger partial charge in [0.05, 0.1) is 33.1 Å². The van der Waals surface area contributed by atoms with Crippen molar-refractivity contribution in [1.82, 2.24) is 4.98 Å². The highest BCUT2D eigenvalue weighted by Gasteiger charge is 2.09. The Morgan fingerprint density at radius 1 is 1.00 bits per heavy atom. The van der Waals surface area contributed by atoms with Gasteiger partial charge in [0.15, 0.2) is 0 Å². The molecule has 17 heavy (non-hydrogen) atoms. The molecule has 0 fully saturated rings. The molecule has 0 amide bonds. The maximum absolute atomic E-state index is 9.03. The SMILES string of the molecule is OCc1cccc(-c2cc(Cl)c(Cl)cc2Cl)n1. The highest BCUT2D eigenvalue weighted by atomic mass is 35.5. The van der Waals surface area contributed by atoms with Crippen molar-refractivity contribution in [1.29, 1.82) is 0 Å². The zero-order valence-corrected chi connectivity index (χ0v) is 10.9. The quantitative estimate of drug-likeness (QED) is 0.840. The number of hydrogen-bond acceptors (Lipinski definition) is 2. The van der Waals surface area contributed by atoms with Crippen LogP contribution in [0.15, 0.2) is 30.3 Å². The van der Waals surface area contributed by atoms with E-state index < -0.39 is 0 Å². The van der Waals surface area contributed by atoms with Crippen LogP contribution in [0.2, 0.25) is 15.1 Å². The van der Waals surface area contributed by atoms with Crippen LogP contribution in [0.1, 0.15) is 5.69 Å².